The lowest BCUT2D eigenvalue weighted by Gasteiger charge is -2.08. The molecular formula is C17H21NO3. The van der Waals surface area contributed by atoms with E-state index in [4.69, 9.17) is 0 Å². The zero-order chi connectivity index (χ0) is 15.6. The number of carbonyl (C=O) groups is 2. The normalized spacial score (nSPS) is 11.0. The Balaban J connectivity index is 2.79. The molecule has 4 heteroatoms. The molecule has 0 saturated carbocycles. The third-order valence-electron chi connectivity index (χ3n) is 3.80. The van der Waals surface area contributed by atoms with Crippen LogP contribution in [0.3, 0.4) is 0 Å². The van der Waals surface area contributed by atoms with Gasteiger partial charge >= 0.3 is 5.97 Å². The van der Waals surface area contributed by atoms with Crippen LogP contribution in [0.1, 0.15) is 59.9 Å². The second kappa shape index (κ2) is 6.12. The van der Waals surface area contributed by atoms with E-state index in [1.54, 1.807) is 12.3 Å². The number of rotatable bonds is 6. The summed E-state index contributed by atoms with van der Waals surface area (Å²) in [6, 6.07) is 3.66. The molecule has 0 spiro atoms. The van der Waals surface area contributed by atoms with Gasteiger partial charge in [-0.25, -0.2) is 4.79 Å². The molecule has 0 aliphatic rings. The van der Waals surface area contributed by atoms with Gasteiger partial charge in [0.1, 0.15) is 0 Å². The number of carboxylic acids is 1. The molecule has 1 aromatic carbocycles. The number of unbranched alkanes of at least 4 members (excludes halogenated alkanes) is 1. The Morgan fingerprint density at radius 3 is 2.43 bits per heavy atom. The van der Waals surface area contributed by atoms with Gasteiger partial charge in [-0.2, -0.15) is 0 Å². The van der Waals surface area contributed by atoms with E-state index >= 15 is 0 Å². The highest BCUT2D eigenvalue weighted by Gasteiger charge is 2.19. The molecule has 0 saturated heterocycles. The fourth-order valence-corrected chi connectivity index (χ4v) is 2.65. The molecule has 0 aliphatic heterocycles. The highest BCUT2D eigenvalue weighted by molar-refractivity contribution is 6.12. The smallest absolute Gasteiger partial charge is 0.337 e. The van der Waals surface area contributed by atoms with Gasteiger partial charge in [0.05, 0.1) is 11.1 Å². The number of hydrogen-bond donors (Lipinski definition) is 1. The standard InChI is InChI=1S/C17H21NO3/c1-4-6-7-18-10-15(11(3)19)13-8-12(5-2)9-14(16(13)18)17(20)21/h8-10H,4-7H2,1-3H3,(H,20,21). The molecule has 1 N–H and O–H groups in total. The highest BCUT2D eigenvalue weighted by atomic mass is 16.4. The number of ketones is 1. The van der Waals surface area contributed by atoms with E-state index in [-0.39, 0.29) is 11.3 Å². The van der Waals surface area contributed by atoms with Crippen LogP contribution in [0.2, 0.25) is 0 Å². The van der Waals surface area contributed by atoms with E-state index in [1.807, 2.05) is 17.6 Å². The Kier molecular flexibility index (Phi) is 4.46. The molecule has 0 atom stereocenters. The van der Waals surface area contributed by atoms with Crippen LogP contribution in [0.25, 0.3) is 10.9 Å². The molecule has 0 fully saturated rings. The third-order valence-corrected chi connectivity index (χ3v) is 3.80. The van der Waals surface area contributed by atoms with Gasteiger partial charge in [-0.05, 0) is 37.5 Å². The molecular weight excluding hydrogens is 266 g/mol. The minimum Gasteiger partial charge on any atom is -0.478 e. The van der Waals surface area contributed by atoms with Crippen molar-refractivity contribution in [2.75, 3.05) is 0 Å². The number of carbonyl (C=O) groups excluding carboxylic acids is 1. The Morgan fingerprint density at radius 1 is 1.19 bits per heavy atom. The summed E-state index contributed by atoms with van der Waals surface area (Å²) >= 11 is 0. The van der Waals surface area contributed by atoms with Crippen molar-refractivity contribution in [3.05, 3.63) is 35.0 Å². The molecule has 1 heterocycles. The molecule has 0 radical (unpaired) electrons. The van der Waals surface area contributed by atoms with Crippen molar-refractivity contribution >= 4 is 22.7 Å². The van der Waals surface area contributed by atoms with E-state index in [2.05, 4.69) is 6.92 Å². The summed E-state index contributed by atoms with van der Waals surface area (Å²) in [6.45, 7) is 6.32. The molecule has 0 amide bonds. The second-order valence-corrected chi connectivity index (χ2v) is 5.34. The summed E-state index contributed by atoms with van der Waals surface area (Å²) in [5, 5.41) is 10.3. The van der Waals surface area contributed by atoms with Gasteiger partial charge < -0.3 is 9.67 Å². The van der Waals surface area contributed by atoms with E-state index in [9.17, 15) is 14.7 Å². The third kappa shape index (κ3) is 2.84. The molecule has 0 bridgehead atoms. The topological polar surface area (TPSA) is 59.3 Å². The van der Waals surface area contributed by atoms with Crippen molar-refractivity contribution in [3.63, 3.8) is 0 Å². The Bertz CT molecular complexity index is 698. The SMILES string of the molecule is CCCCn1cc(C(C)=O)c2cc(CC)cc(C(=O)O)c21. The van der Waals surface area contributed by atoms with E-state index in [0.29, 0.717) is 11.1 Å². The first kappa shape index (κ1) is 15.3. The largest absolute Gasteiger partial charge is 0.478 e. The predicted molar refractivity (Wildman–Crippen MR) is 83.2 cm³/mol. The molecule has 0 aliphatic carbocycles. The number of nitrogens with zero attached hydrogens (tertiary/aromatic N) is 1. The first-order valence-corrected chi connectivity index (χ1v) is 7.39. The minimum absolute atomic E-state index is 0.0279. The summed E-state index contributed by atoms with van der Waals surface area (Å²) in [5.74, 6) is -0.971. The number of carboxylic acid groups (broad SMARTS) is 1. The monoisotopic (exact) mass is 287 g/mol. The van der Waals surface area contributed by atoms with Crippen molar-refractivity contribution in [1.29, 1.82) is 0 Å². The maximum absolute atomic E-state index is 11.9. The first-order chi connectivity index (χ1) is 9.99. The van der Waals surface area contributed by atoms with Crippen LogP contribution in [0, 0.1) is 0 Å². The van der Waals surface area contributed by atoms with Gasteiger partial charge in [-0.3, -0.25) is 4.79 Å². The van der Waals surface area contributed by atoms with Gasteiger partial charge in [0, 0.05) is 23.7 Å². The van der Waals surface area contributed by atoms with E-state index < -0.39 is 5.97 Å². The molecule has 2 rings (SSSR count). The van der Waals surface area contributed by atoms with Crippen LogP contribution in [-0.2, 0) is 13.0 Å². The van der Waals surface area contributed by atoms with Crippen molar-refractivity contribution in [2.45, 2.75) is 46.6 Å². The molecule has 1 aromatic heterocycles. The lowest BCUT2D eigenvalue weighted by Crippen LogP contribution is -2.04. The van der Waals surface area contributed by atoms with Crippen molar-refractivity contribution in [3.8, 4) is 0 Å². The van der Waals surface area contributed by atoms with Crippen LogP contribution in [0.4, 0.5) is 0 Å². The molecule has 4 nitrogen and oxygen atoms in total. The molecule has 112 valence electrons. The van der Waals surface area contributed by atoms with E-state index in [0.717, 1.165) is 36.8 Å². The van der Waals surface area contributed by atoms with Crippen molar-refractivity contribution in [1.82, 2.24) is 4.57 Å². The average Bonchev–Trinajstić information content (AvgIpc) is 2.82. The second-order valence-electron chi connectivity index (χ2n) is 5.34. The Morgan fingerprint density at radius 2 is 1.90 bits per heavy atom. The zero-order valence-electron chi connectivity index (χ0n) is 12.8. The lowest BCUT2D eigenvalue weighted by atomic mass is 10.0. The van der Waals surface area contributed by atoms with Gasteiger partial charge in [-0.1, -0.05) is 20.3 Å². The quantitative estimate of drug-likeness (QED) is 0.819. The zero-order valence-corrected chi connectivity index (χ0v) is 12.8. The maximum atomic E-state index is 11.9. The van der Waals surface area contributed by atoms with E-state index in [1.165, 1.54) is 6.92 Å². The number of aromatic carboxylic acids is 1. The van der Waals surface area contributed by atoms with Crippen molar-refractivity contribution < 1.29 is 14.7 Å². The average molecular weight is 287 g/mol. The molecule has 2 aromatic rings. The van der Waals surface area contributed by atoms with Crippen LogP contribution in [0.5, 0.6) is 0 Å². The van der Waals surface area contributed by atoms with Gasteiger partial charge in [0.2, 0.25) is 0 Å². The van der Waals surface area contributed by atoms with Crippen LogP contribution >= 0.6 is 0 Å². The number of aryl methyl sites for hydroxylation is 2. The summed E-state index contributed by atoms with van der Waals surface area (Å²) in [4.78, 5) is 23.5. The number of fused-ring (bicyclic) bond motifs is 1. The summed E-state index contributed by atoms with van der Waals surface area (Å²) in [6.07, 6.45) is 4.52. The predicted octanol–water partition coefficient (Wildman–Crippen LogP) is 3.90. The number of aromatic nitrogens is 1. The van der Waals surface area contributed by atoms with Crippen LogP contribution in [-0.4, -0.2) is 21.4 Å². The first-order valence-electron chi connectivity index (χ1n) is 7.39. The number of benzene rings is 1. The molecule has 21 heavy (non-hydrogen) atoms. The summed E-state index contributed by atoms with van der Waals surface area (Å²) in [5.41, 5.74) is 2.50. The lowest BCUT2D eigenvalue weighted by molar-refractivity contribution is 0.0698. The number of hydrogen-bond acceptors (Lipinski definition) is 2. The molecule has 0 unspecified atom stereocenters. The van der Waals surface area contributed by atoms with Gasteiger partial charge in [-0.15, -0.1) is 0 Å². The summed E-state index contributed by atoms with van der Waals surface area (Å²) < 4.78 is 1.92. The van der Waals surface area contributed by atoms with Gasteiger partial charge in [0.25, 0.3) is 0 Å². The fraction of sp³-hybridized carbons (Fsp3) is 0.412. The van der Waals surface area contributed by atoms with Crippen LogP contribution < -0.4 is 0 Å². The minimum atomic E-state index is -0.943. The highest BCUT2D eigenvalue weighted by Crippen LogP contribution is 2.28. The Labute approximate surface area is 124 Å². The van der Waals surface area contributed by atoms with Crippen LogP contribution in [0.15, 0.2) is 18.3 Å². The van der Waals surface area contributed by atoms with Gasteiger partial charge in [0.15, 0.2) is 5.78 Å². The Hall–Kier alpha value is -2.10. The maximum Gasteiger partial charge on any atom is 0.337 e. The number of Topliss-reactive ketones (excluding diaryl/α,β-unsaturated/α-hetero) is 1. The fourth-order valence-electron chi connectivity index (χ4n) is 2.65. The van der Waals surface area contributed by atoms with Crippen molar-refractivity contribution in [2.24, 2.45) is 0 Å². The summed E-state index contributed by atoms with van der Waals surface area (Å²) in [7, 11) is 0.